The van der Waals surface area contributed by atoms with Crippen LogP contribution in [0.3, 0.4) is 0 Å². The van der Waals surface area contributed by atoms with Crippen LogP contribution in [0.25, 0.3) is 0 Å². The molecule has 0 saturated carbocycles. The summed E-state index contributed by atoms with van der Waals surface area (Å²) in [7, 11) is 0. The fraction of sp³-hybridized carbons (Fsp3) is 0.812. The minimum Gasteiger partial charge on any atom is -0.458 e. The highest BCUT2D eigenvalue weighted by molar-refractivity contribution is 5.80. The number of fused-ring (bicyclic) bond motifs is 1. The van der Waals surface area contributed by atoms with Crippen LogP contribution in [0.2, 0.25) is 0 Å². The van der Waals surface area contributed by atoms with Gasteiger partial charge in [-0.2, -0.15) is 0 Å². The quantitative estimate of drug-likeness (QED) is 0.475. The molecule has 0 spiro atoms. The van der Waals surface area contributed by atoms with E-state index in [2.05, 4.69) is 4.90 Å². The van der Waals surface area contributed by atoms with Crippen LogP contribution >= 0.6 is 0 Å². The standard InChI is InChI=1S/C16H27NO5/c1-4-10(2)16(21,11(3)19)15(20)22-13-6-8-17-7-5-12(9-18)14(13)17/h5,10-11,13-14,18-19,21H,4,6-9H2,1-3H3/t10-,11-,13+,14+,16-/m0/s1. The van der Waals surface area contributed by atoms with Crippen LogP contribution < -0.4 is 0 Å². The van der Waals surface area contributed by atoms with E-state index in [9.17, 15) is 20.1 Å². The van der Waals surface area contributed by atoms with E-state index in [0.29, 0.717) is 12.8 Å². The van der Waals surface area contributed by atoms with Crippen LogP contribution in [-0.2, 0) is 9.53 Å². The molecular weight excluding hydrogens is 286 g/mol. The molecule has 0 aromatic heterocycles. The highest BCUT2D eigenvalue weighted by Crippen LogP contribution is 2.33. The van der Waals surface area contributed by atoms with Gasteiger partial charge in [0.1, 0.15) is 6.10 Å². The number of hydrogen-bond donors (Lipinski definition) is 3. The molecule has 5 atom stereocenters. The summed E-state index contributed by atoms with van der Waals surface area (Å²) in [4.78, 5) is 14.7. The molecule has 0 aromatic rings. The Hall–Kier alpha value is -0.950. The number of hydrogen-bond acceptors (Lipinski definition) is 6. The molecule has 1 saturated heterocycles. The molecule has 1 fully saturated rings. The average molecular weight is 313 g/mol. The van der Waals surface area contributed by atoms with E-state index < -0.39 is 23.6 Å². The average Bonchev–Trinajstić information content (AvgIpc) is 3.07. The Balaban J connectivity index is 2.12. The summed E-state index contributed by atoms with van der Waals surface area (Å²) in [5, 5.41) is 30.0. The Bertz CT molecular complexity index is 450. The van der Waals surface area contributed by atoms with Crippen molar-refractivity contribution in [3.63, 3.8) is 0 Å². The van der Waals surface area contributed by atoms with Gasteiger partial charge in [0.15, 0.2) is 5.60 Å². The molecule has 0 unspecified atom stereocenters. The van der Waals surface area contributed by atoms with Gasteiger partial charge < -0.3 is 20.1 Å². The first-order chi connectivity index (χ1) is 10.4. The molecule has 2 aliphatic rings. The first kappa shape index (κ1) is 17.4. The maximum atomic E-state index is 12.5. The second-order valence-electron chi connectivity index (χ2n) is 6.42. The molecule has 2 aliphatic heterocycles. The van der Waals surface area contributed by atoms with Crippen molar-refractivity contribution in [2.24, 2.45) is 5.92 Å². The van der Waals surface area contributed by atoms with Crippen molar-refractivity contribution in [2.45, 2.75) is 57.5 Å². The summed E-state index contributed by atoms with van der Waals surface area (Å²) in [5.74, 6) is -1.18. The van der Waals surface area contributed by atoms with Gasteiger partial charge in [0.05, 0.1) is 18.8 Å². The van der Waals surface area contributed by atoms with Crippen molar-refractivity contribution in [3.8, 4) is 0 Å². The number of ether oxygens (including phenoxy) is 1. The van der Waals surface area contributed by atoms with Gasteiger partial charge >= 0.3 is 5.97 Å². The smallest absolute Gasteiger partial charge is 0.341 e. The molecule has 2 rings (SSSR count). The van der Waals surface area contributed by atoms with Crippen molar-refractivity contribution in [3.05, 3.63) is 11.6 Å². The Morgan fingerprint density at radius 2 is 2.23 bits per heavy atom. The Morgan fingerprint density at radius 3 is 2.77 bits per heavy atom. The Morgan fingerprint density at radius 1 is 1.55 bits per heavy atom. The van der Waals surface area contributed by atoms with Crippen LogP contribution in [0.5, 0.6) is 0 Å². The number of carbonyl (C=O) groups excluding carboxylic acids is 1. The molecule has 22 heavy (non-hydrogen) atoms. The van der Waals surface area contributed by atoms with E-state index in [0.717, 1.165) is 18.7 Å². The van der Waals surface area contributed by atoms with E-state index in [-0.39, 0.29) is 18.8 Å². The number of esters is 1. The lowest BCUT2D eigenvalue weighted by atomic mass is 9.82. The van der Waals surface area contributed by atoms with Gasteiger partial charge in [0, 0.05) is 13.1 Å². The number of aliphatic hydroxyl groups excluding tert-OH is 2. The van der Waals surface area contributed by atoms with Crippen LogP contribution in [0.15, 0.2) is 11.6 Å². The molecule has 126 valence electrons. The third-order valence-corrected chi connectivity index (χ3v) is 5.18. The molecule has 0 aromatic carbocycles. The van der Waals surface area contributed by atoms with Gasteiger partial charge in [-0.15, -0.1) is 0 Å². The summed E-state index contributed by atoms with van der Waals surface area (Å²) in [6.07, 6.45) is 1.59. The summed E-state index contributed by atoms with van der Waals surface area (Å²) >= 11 is 0. The molecule has 6 heteroatoms. The second kappa shape index (κ2) is 6.66. The summed E-state index contributed by atoms with van der Waals surface area (Å²) in [6, 6.07) is -0.107. The zero-order chi connectivity index (χ0) is 16.5. The fourth-order valence-electron chi connectivity index (χ4n) is 3.47. The first-order valence-corrected chi connectivity index (χ1v) is 8.01. The fourth-order valence-corrected chi connectivity index (χ4v) is 3.47. The van der Waals surface area contributed by atoms with E-state index in [1.807, 2.05) is 13.0 Å². The molecule has 6 nitrogen and oxygen atoms in total. The maximum Gasteiger partial charge on any atom is 0.341 e. The largest absolute Gasteiger partial charge is 0.458 e. The van der Waals surface area contributed by atoms with Crippen molar-refractivity contribution in [2.75, 3.05) is 19.7 Å². The van der Waals surface area contributed by atoms with Crippen LogP contribution in [0.4, 0.5) is 0 Å². The van der Waals surface area contributed by atoms with E-state index in [4.69, 9.17) is 4.74 Å². The number of aliphatic hydroxyl groups is 3. The number of carbonyl (C=O) groups is 1. The van der Waals surface area contributed by atoms with Crippen molar-refractivity contribution in [1.82, 2.24) is 4.90 Å². The van der Waals surface area contributed by atoms with Crippen molar-refractivity contribution >= 4 is 5.97 Å². The normalized spacial score (nSPS) is 30.4. The van der Waals surface area contributed by atoms with Crippen LogP contribution in [-0.4, -0.2) is 69.7 Å². The molecule has 3 N–H and O–H groups in total. The maximum absolute atomic E-state index is 12.5. The summed E-state index contributed by atoms with van der Waals surface area (Å²) in [5.41, 5.74) is -1.04. The van der Waals surface area contributed by atoms with Crippen LogP contribution in [0, 0.1) is 5.92 Å². The van der Waals surface area contributed by atoms with E-state index in [1.54, 1.807) is 6.92 Å². The minimum atomic E-state index is -1.90. The summed E-state index contributed by atoms with van der Waals surface area (Å²) in [6.45, 7) is 6.47. The minimum absolute atomic E-state index is 0.0543. The van der Waals surface area contributed by atoms with Gasteiger partial charge in [0.2, 0.25) is 0 Å². The Kier molecular flexibility index (Phi) is 5.27. The topological polar surface area (TPSA) is 90.2 Å². The lowest BCUT2D eigenvalue weighted by Gasteiger charge is -2.35. The third-order valence-electron chi connectivity index (χ3n) is 5.18. The number of nitrogens with zero attached hydrogens (tertiary/aromatic N) is 1. The molecule has 2 heterocycles. The van der Waals surface area contributed by atoms with Crippen LogP contribution in [0.1, 0.15) is 33.6 Å². The molecule has 0 amide bonds. The van der Waals surface area contributed by atoms with Gasteiger partial charge in [0.25, 0.3) is 0 Å². The second-order valence-corrected chi connectivity index (χ2v) is 6.42. The predicted molar refractivity (Wildman–Crippen MR) is 81.1 cm³/mol. The zero-order valence-electron chi connectivity index (χ0n) is 13.5. The van der Waals surface area contributed by atoms with Gasteiger partial charge in [-0.25, -0.2) is 4.79 Å². The lowest BCUT2D eigenvalue weighted by Crippen LogP contribution is -2.55. The Labute approximate surface area is 131 Å². The molecule has 0 radical (unpaired) electrons. The third kappa shape index (κ3) is 2.80. The first-order valence-electron chi connectivity index (χ1n) is 8.01. The molecular formula is C16H27NO5. The highest BCUT2D eigenvalue weighted by Gasteiger charge is 2.50. The zero-order valence-corrected chi connectivity index (χ0v) is 13.5. The molecule has 0 aliphatic carbocycles. The van der Waals surface area contributed by atoms with Crippen molar-refractivity contribution < 1.29 is 24.9 Å². The monoisotopic (exact) mass is 313 g/mol. The van der Waals surface area contributed by atoms with Crippen molar-refractivity contribution in [1.29, 1.82) is 0 Å². The van der Waals surface area contributed by atoms with Gasteiger partial charge in [-0.05, 0) is 24.8 Å². The lowest BCUT2D eigenvalue weighted by molar-refractivity contribution is -0.191. The van der Waals surface area contributed by atoms with Gasteiger partial charge in [-0.1, -0.05) is 26.3 Å². The summed E-state index contributed by atoms with van der Waals surface area (Å²) < 4.78 is 5.56. The number of rotatable bonds is 6. The van der Waals surface area contributed by atoms with E-state index >= 15 is 0 Å². The van der Waals surface area contributed by atoms with Gasteiger partial charge in [-0.3, -0.25) is 4.90 Å². The van der Waals surface area contributed by atoms with E-state index in [1.165, 1.54) is 6.92 Å². The predicted octanol–water partition coefficient (Wildman–Crippen LogP) is 0.0628. The highest BCUT2D eigenvalue weighted by atomic mass is 16.6. The SMILES string of the molecule is CC[C@H](C)[C@@](O)(C(=O)O[C@@H]1CCN2CC=C(CO)[C@H]12)[C@H](C)O. The molecule has 0 bridgehead atoms.